The average Bonchev–Trinajstić information content (AvgIpc) is 2.53. The Kier molecular flexibility index (Phi) is 5.37. The maximum atomic E-state index is 11.7. The number of aliphatic hydroxyl groups is 1. The Morgan fingerprint density at radius 1 is 1.27 bits per heavy atom. The summed E-state index contributed by atoms with van der Waals surface area (Å²) < 4.78 is 0. The van der Waals surface area contributed by atoms with Gasteiger partial charge >= 0.3 is 6.03 Å². The molecular weight excluding hydrogens is 302 g/mol. The number of anilines is 1. The lowest BCUT2D eigenvalue weighted by Gasteiger charge is -2.13. The largest absolute Gasteiger partial charge is 0.387 e. The van der Waals surface area contributed by atoms with Crippen LogP contribution >= 0.6 is 11.6 Å². The third kappa shape index (κ3) is 4.48. The zero-order valence-electron chi connectivity index (χ0n) is 11.6. The molecule has 0 heterocycles. The molecule has 0 spiro atoms. The molecule has 0 bridgehead atoms. The standard InChI is InChI=1S/C16H14ClN3O2/c17-13-3-1-2-12(8-13)15(21)10-19-16(22)20-14-6-4-11(9-18)5-7-14/h1-8,15,21H,10H2,(H2,19,20,22). The Balaban J connectivity index is 1.85. The molecule has 0 aliphatic rings. The van der Waals surface area contributed by atoms with Gasteiger partial charge in [0.1, 0.15) is 0 Å². The molecule has 0 aliphatic carbocycles. The summed E-state index contributed by atoms with van der Waals surface area (Å²) in [5.74, 6) is 0. The molecule has 3 N–H and O–H groups in total. The third-order valence-electron chi connectivity index (χ3n) is 2.96. The number of carbonyl (C=O) groups is 1. The number of hydrogen-bond acceptors (Lipinski definition) is 3. The summed E-state index contributed by atoms with van der Waals surface area (Å²) in [6.07, 6.45) is -0.842. The van der Waals surface area contributed by atoms with Crippen LogP contribution < -0.4 is 10.6 Å². The summed E-state index contributed by atoms with van der Waals surface area (Å²) in [5.41, 5.74) is 1.71. The Labute approximate surface area is 133 Å². The highest BCUT2D eigenvalue weighted by molar-refractivity contribution is 6.30. The number of benzene rings is 2. The van der Waals surface area contributed by atoms with E-state index in [0.717, 1.165) is 0 Å². The lowest BCUT2D eigenvalue weighted by Crippen LogP contribution is -2.32. The van der Waals surface area contributed by atoms with Crippen LogP contribution in [0.5, 0.6) is 0 Å². The number of nitrogens with one attached hydrogen (secondary N) is 2. The van der Waals surface area contributed by atoms with Crippen LogP contribution in [0.4, 0.5) is 10.5 Å². The van der Waals surface area contributed by atoms with Gasteiger partial charge in [0.25, 0.3) is 0 Å². The van der Waals surface area contributed by atoms with Crippen LogP contribution in [-0.2, 0) is 0 Å². The minimum atomic E-state index is -0.842. The molecular formula is C16H14ClN3O2. The van der Waals surface area contributed by atoms with Crippen LogP contribution in [-0.4, -0.2) is 17.7 Å². The first-order chi connectivity index (χ1) is 10.6. The fourth-order valence-electron chi connectivity index (χ4n) is 1.82. The first-order valence-corrected chi connectivity index (χ1v) is 6.95. The Morgan fingerprint density at radius 3 is 2.64 bits per heavy atom. The second kappa shape index (κ2) is 7.46. The summed E-state index contributed by atoms with van der Waals surface area (Å²) in [6.45, 7) is 0.0580. The number of hydrogen-bond donors (Lipinski definition) is 3. The van der Waals surface area contributed by atoms with Crippen molar-refractivity contribution in [1.29, 1.82) is 5.26 Å². The minimum Gasteiger partial charge on any atom is -0.387 e. The van der Waals surface area contributed by atoms with Gasteiger partial charge in [-0.05, 0) is 42.0 Å². The predicted molar refractivity (Wildman–Crippen MR) is 84.6 cm³/mol. The van der Waals surface area contributed by atoms with E-state index in [1.54, 1.807) is 48.5 Å². The third-order valence-corrected chi connectivity index (χ3v) is 3.20. The Hall–Kier alpha value is -2.55. The Morgan fingerprint density at radius 2 is 2.00 bits per heavy atom. The number of halogens is 1. The highest BCUT2D eigenvalue weighted by Crippen LogP contribution is 2.17. The topological polar surface area (TPSA) is 85.2 Å². The van der Waals surface area contributed by atoms with Crippen molar-refractivity contribution in [2.75, 3.05) is 11.9 Å². The van der Waals surface area contributed by atoms with Gasteiger partial charge in [0.15, 0.2) is 0 Å². The van der Waals surface area contributed by atoms with E-state index in [2.05, 4.69) is 10.6 Å². The van der Waals surface area contributed by atoms with Crippen molar-refractivity contribution in [3.63, 3.8) is 0 Å². The lowest BCUT2D eigenvalue weighted by atomic mass is 10.1. The summed E-state index contributed by atoms with van der Waals surface area (Å²) in [6, 6.07) is 14.9. The molecule has 22 heavy (non-hydrogen) atoms. The van der Waals surface area contributed by atoms with Crippen molar-refractivity contribution >= 4 is 23.3 Å². The lowest BCUT2D eigenvalue weighted by molar-refractivity contribution is 0.175. The fourth-order valence-corrected chi connectivity index (χ4v) is 2.02. The van der Waals surface area contributed by atoms with Crippen molar-refractivity contribution in [3.05, 3.63) is 64.7 Å². The summed E-state index contributed by atoms with van der Waals surface area (Å²) in [4.78, 5) is 11.7. The molecule has 0 aromatic heterocycles. The van der Waals surface area contributed by atoms with Gasteiger partial charge in [-0.15, -0.1) is 0 Å². The number of amides is 2. The number of carbonyl (C=O) groups excluding carboxylic acids is 1. The van der Waals surface area contributed by atoms with Gasteiger partial charge in [-0.1, -0.05) is 23.7 Å². The first-order valence-electron chi connectivity index (χ1n) is 6.57. The molecule has 2 amide bonds. The maximum absolute atomic E-state index is 11.7. The molecule has 0 fully saturated rings. The highest BCUT2D eigenvalue weighted by atomic mass is 35.5. The van der Waals surface area contributed by atoms with E-state index in [1.807, 2.05) is 6.07 Å². The van der Waals surface area contributed by atoms with Crippen LogP contribution in [0.1, 0.15) is 17.2 Å². The van der Waals surface area contributed by atoms with E-state index in [4.69, 9.17) is 16.9 Å². The SMILES string of the molecule is N#Cc1ccc(NC(=O)NCC(O)c2cccc(Cl)c2)cc1. The summed E-state index contributed by atoms with van der Waals surface area (Å²) >= 11 is 5.85. The van der Waals surface area contributed by atoms with Crippen LogP contribution in [0, 0.1) is 11.3 Å². The van der Waals surface area contributed by atoms with E-state index in [0.29, 0.717) is 21.8 Å². The number of nitrogens with zero attached hydrogens (tertiary/aromatic N) is 1. The van der Waals surface area contributed by atoms with Gasteiger partial charge in [0.05, 0.1) is 17.7 Å². The molecule has 5 nitrogen and oxygen atoms in total. The van der Waals surface area contributed by atoms with Gasteiger partial charge in [0, 0.05) is 17.3 Å². The minimum absolute atomic E-state index is 0.0580. The van der Waals surface area contributed by atoms with Crippen molar-refractivity contribution in [3.8, 4) is 6.07 Å². The van der Waals surface area contributed by atoms with Crippen LogP contribution in [0.25, 0.3) is 0 Å². The fraction of sp³-hybridized carbons (Fsp3) is 0.125. The van der Waals surface area contributed by atoms with Crippen molar-refractivity contribution in [2.45, 2.75) is 6.10 Å². The molecule has 0 aliphatic heterocycles. The molecule has 1 unspecified atom stereocenters. The number of urea groups is 1. The molecule has 0 saturated carbocycles. The molecule has 6 heteroatoms. The van der Waals surface area contributed by atoms with Gasteiger partial charge in [-0.25, -0.2) is 4.79 Å². The normalized spacial score (nSPS) is 11.3. The molecule has 1 atom stereocenters. The average molecular weight is 316 g/mol. The van der Waals surface area contributed by atoms with E-state index in [-0.39, 0.29) is 6.54 Å². The molecule has 2 aromatic carbocycles. The summed E-state index contributed by atoms with van der Waals surface area (Å²) in [5, 5.41) is 24.4. The molecule has 2 rings (SSSR count). The Bertz CT molecular complexity index is 695. The van der Waals surface area contributed by atoms with Crippen LogP contribution in [0.3, 0.4) is 0 Å². The van der Waals surface area contributed by atoms with Gasteiger partial charge in [0.2, 0.25) is 0 Å². The number of aliphatic hydroxyl groups excluding tert-OH is 1. The highest BCUT2D eigenvalue weighted by Gasteiger charge is 2.10. The second-order valence-electron chi connectivity index (χ2n) is 4.59. The molecule has 112 valence electrons. The van der Waals surface area contributed by atoms with Gasteiger partial charge < -0.3 is 15.7 Å². The van der Waals surface area contributed by atoms with E-state index >= 15 is 0 Å². The zero-order valence-corrected chi connectivity index (χ0v) is 12.3. The molecule has 0 saturated heterocycles. The van der Waals surface area contributed by atoms with E-state index in [9.17, 15) is 9.90 Å². The predicted octanol–water partition coefficient (Wildman–Crippen LogP) is 3.07. The quantitative estimate of drug-likeness (QED) is 0.810. The van der Waals surface area contributed by atoms with Crippen molar-refractivity contribution < 1.29 is 9.90 Å². The van der Waals surface area contributed by atoms with Crippen molar-refractivity contribution in [1.82, 2.24) is 5.32 Å². The molecule has 0 radical (unpaired) electrons. The molecule has 2 aromatic rings. The van der Waals surface area contributed by atoms with Crippen molar-refractivity contribution in [2.24, 2.45) is 0 Å². The monoisotopic (exact) mass is 315 g/mol. The summed E-state index contributed by atoms with van der Waals surface area (Å²) in [7, 11) is 0. The van der Waals surface area contributed by atoms with E-state index in [1.165, 1.54) is 0 Å². The number of nitriles is 1. The smallest absolute Gasteiger partial charge is 0.319 e. The zero-order chi connectivity index (χ0) is 15.9. The van der Waals surface area contributed by atoms with E-state index < -0.39 is 12.1 Å². The van der Waals surface area contributed by atoms with Crippen LogP contribution in [0.2, 0.25) is 5.02 Å². The van der Waals surface area contributed by atoms with Crippen LogP contribution in [0.15, 0.2) is 48.5 Å². The van der Waals surface area contributed by atoms with Gasteiger partial charge in [-0.2, -0.15) is 5.26 Å². The second-order valence-corrected chi connectivity index (χ2v) is 5.03. The number of rotatable bonds is 4. The first kappa shape index (κ1) is 15.8. The maximum Gasteiger partial charge on any atom is 0.319 e. The van der Waals surface area contributed by atoms with Gasteiger partial charge in [-0.3, -0.25) is 0 Å².